The minimum Gasteiger partial charge on any atom is -0.497 e. The lowest BCUT2D eigenvalue weighted by molar-refractivity contribution is -0.119. The van der Waals surface area contributed by atoms with E-state index in [1.54, 1.807) is 48.5 Å². The Balaban J connectivity index is 2.05. The highest BCUT2D eigenvalue weighted by atomic mass is 35.5. The summed E-state index contributed by atoms with van der Waals surface area (Å²) in [6.07, 6.45) is 2.47. The first-order valence-electron chi connectivity index (χ1n) is 7.49. The number of sulfonamides is 1. The van der Waals surface area contributed by atoms with Crippen LogP contribution in [0.25, 0.3) is 0 Å². The fourth-order valence-corrected chi connectivity index (χ4v) is 3.02. The second kappa shape index (κ2) is 8.68. The number of hydrogen-bond acceptors (Lipinski definition) is 5. The normalized spacial score (nSPS) is 11.3. The van der Waals surface area contributed by atoms with E-state index in [0.717, 1.165) is 16.1 Å². The van der Waals surface area contributed by atoms with Crippen molar-refractivity contribution in [2.75, 3.05) is 24.2 Å². The third-order valence-electron chi connectivity index (χ3n) is 3.32. The molecule has 0 aromatic heterocycles. The molecule has 0 radical (unpaired) electrons. The molecule has 0 saturated carbocycles. The van der Waals surface area contributed by atoms with E-state index in [9.17, 15) is 13.2 Å². The highest BCUT2D eigenvalue weighted by Crippen LogP contribution is 2.21. The first-order valence-corrected chi connectivity index (χ1v) is 9.71. The molecule has 0 atom stereocenters. The molecule has 0 aliphatic rings. The number of hydrogen-bond donors (Lipinski definition) is 1. The molecule has 138 valence electrons. The molecule has 2 rings (SSSR count). The van der Waals surface area contributed by atoms with Gasteiger partial charge in [0, 0.05) is 5.02 Å². The van der Waals surface area contributed by atoms with Gasteiger partial charge in [-0.05, 0) is 42.0 Å². The summed E-state index contributed by atoms with van der Waals surface area (Å²) >= 11 is 5.79. The number of hydrazone groups is 1. The SMILES string of the molecule is COc1ccc(N(CC(=O)N/N=C/c2ccc(Cl)cc2)S(C)(=O)=O)cc1. The van der Waals surface area contributed by atoms with E-state index in [1.165, 1.54) is 13.3 Å². The van der Waals surface area contributed by atoms with E-state index in [4.69, 9.17) is 16.3 Å². The Morgan fingerprint density at radius 3 is 2.35 bits per heavy atom. The van der Waals surface area contributed by atoms with Crippen LogP contribution < -0.4 is 14.5 Å². The second-order valence-corrected chi connectivity index (χ2v) is 7.66. The zero-order valence-corrected chi connectivity index (χ0v) is 15.8. The molecular weight excluding hydrogens is 378 g/mol. The Kier molecular flexibility index (Phi) is 6.59. The number of anilines is 1. The van der Waals surface area contributed by atoms with Crippen molar-refractivity contribution < 1.29 is 17.9 Å². The Hall–Kier alpha value is -2.58. The van der Waals surface area contributed by atoms with Crippen molar-refractivity contribution in [3.05, 3.63) is 59.1 Å². The van der Waals surface area contributed by atoms with Crippen molar-refractivity contribution in [2.45, 2.75) is 0 Å². The smallest absolute Gasteiger partial charge is 0.260 e. The number of amides is 1. The third kappa shape index (κ3) is 5.75. The molecule has 0 spiro atoms. The number of methoxy groups -OCH3 is 1. The van der Waals surface area contributed by atoms with Gasteiger partial charge in [-0.1, -0.05) is 23.7 Å². The molecule has 0 unspecified atom stereocenters. The quantitative estimate of drug-likeness (QED) is 0.575. The monoisotopic (exact) mass is 395 g/mol. The van der Waals surface area contributed by atoms with Crippen LogP contribution >= 0.6 is 11.6 Å². The predicted molar refractivity (Wildman–Crippen MR) is 102 cm³/mol. The van der Waals surface area contributed by atoms with Crippen molar-refractivity contribution >= 4 is 39.4 Å². The second-order valence-electron chi connectivity index (χ2n) is 5.31. The van der Waals surface area contributed by atoms with E-state index < -0.39 is 22.5 Å². The number of benzene rings is 2. The van der Waals surface area contributed by atoms with Crippen LogP contribution in [0, 0.1) is 0 Å². The molecule has 0 heterocycles. The number of nitrogens with one attached hydrogen (secondary N) is 1. The number of nitrogens with zero attached hydrogens (tertiary/aromatic N) is 2. The van der Waals surface area contributed by atoms with E-state index in [2.05, 4.69) is 10.5 Å². The fourth-order valence-electron chi connectivity index (χ4n) is 2.04. The maximum Gasteiger partial charge on any atom is 0.260 e. The minimum atomic E-state index is -3.65. The summed E-state index contributed by atoms with van der Waals surface area (Å²) < 4.78 is 30.1. The lowest BCUT2D eigenvalue weighted by Crippen LogP contribution is -2.39. The van der Waals surface area contributed by atoms with Crippen LogP contribution in [-0.4, -0.2) is 40.4 Å². The molecular formula is C17H18ClN3O4S. The lowest BCUT2D eigenvalue weighted by atomic mass is 10.2. The first kappa shape index (κ1) is 19.7. The van der Waals surface area contributed by atoms with E-state index >= 15 is 0 Å². The van der Waals surface area contributed by atoms with Crippen LogP contribution in [0.3, 0.4) is 0 Å². The van der Waals surface area contributed by atoms with Gasteiger partial charge in [0.25, 0.3) is 5.91 Å². The van der Waals surface area contributed by atoms with Gasteiger partial charge in [-0.2, -0.15) is 5.10 Å². The van der Waals surface area contributed by atoms with Gasteiger partial charge >= 0.3 is 0 Å². The summed E-state index contributed by atoms with van der Waals surface area (Å²) in [7, 11) is -2.14. The molecule has 1 N–H and O–H groups in total. The molecule has 9 heteroatoms. The molecule has 0 bridgehead atoms. The summed E-state index contributed by atoms with van der Waals surface area (Å²) in [4.78, 5) is 12.1. The average molecular weight is 396 g/mol. The van der Waals surface area contributed by atoms with Crippen LogP contribution in [0.5, 0.6) is 5.75 Å². The molecule has 26 heavy (non-hydrogen) atoms. The summed E-state index contributed by atoms with van der Waals surface area (Å²) in [5.41, 5.74) is 3.40. The van der Waals surface area contributed by atoms with Gasteiger partial charge < -0.3 is 4.74 Å². The summed E-state index contributed by atoms with van der Waals surface area (Å²) in [6, 6.07) is 13.2. The lowest BCUT2D eigenvalue weighted by Gasteiger charge is -2.21. The summed E-state index contributed by atoms with van der Waals surface area (Å²) in [5.74, 6) is 0.00988. The van der Waals surface area contributed by atoms with Crippen molar-refractivity contribution in [2.24, 2.45) is 5.10 Å². The molecule has 7 nitrogen and oxygen atoms in total. The largest absolute Gasteiger partial charge is 0.497 e. The highest BCUT2D eigenvalue weighted by Gasteiger charge is 2.20. The maximum atomic E-state index is 12.1. The number of halogens is 1. The summed E-state index contributed by atoms with van der Waals surface area (Å²) in [6.45, 7) is -0.400. The number of carbonyl (C=O) groups is 1. The summed E-state index contributed by atoms with van der Waals surface area (Å²) in [5, 5.41) is 4.41. The zero-order chi connectivity index (χ0) is 19.2. The Morgan fingerprint density at radius 2 is 1.81 bits per heavy atom. The van der Waals surface area contributed by atoms with Crippen LogP contribution in [0.1, 0.15) is 5.56 Å². The number of carbonyl (C=O) groups excluding carboxylic acids is 1. The van der Waals surface area contributed by atoms with Gasteiger partial charge in [-0.3, -0.25) is 9.10 Å². The Morgan fingerprint density at radius 1 is 1.19 bits per heavy atom. The van der Waals surface area contributed by atoms with Crippen molar-refractivity contribution in [1.29, 1.82) is 0 Å². The van der Waals surface area contributed by atoms with Crippen LogP contribution in [0.2, 0.25) is 5.02 Å². The van der Waals surface area contributed by atoms with Crippen LogP contribution in [0.15, 0.2) is 53.6 Å². The maximum absolute atomic E-state index is 12.1. The van der Waals surface area contributed by atoms with Gasteiger partial charge in [0.2, 0.25) is 10.0 Å². The average Bonchev–Trinajstić information content (AvgIpc) is 2.60. The van der Waals surface area contributed by atoms with Crippen molar-refractivity contribution in [3.63, 3.8) is 0 Å². The van der Waals surface area contributed by atoms with Gasteiger partial charge in [-0.25, -0.2) is 13.8 Å². The fraction of sp³-hybridized carbons (Fsp3) is 0.176. The molecule has 2 aromatic carbocycles. The van der Waals surface area contributed by atoms with Crippen molar-refractivity contribution in [1.82, 2.24) is 5.43 Å². The molecule has 1 amide bonds. The van der Waals surface area contributed by atoms with Crippen LogP contribution in [-0.2, 0) is 14.8 Å². The van der Waals surface area contributed by atoms with Crippen LogP contribution in [0.4, 0.5) is 5.69 Å². The topological polar surface area (TPSA) is 88.1 Å². The van der Waals surface area contributed by atoms with E-state index in [-0.39, 0.29) is 0 Å². The molecule has 0 saturated heterocycles. The van der Waals surface area contributed by atoms with Gasteiger partial charge in [0.1, 0.15) is 12.3 Å². The van der Waals surface area contributed by atoms with E-state index in [0.29, 0.717) is 16.5 Å². The van der Waals surface area contributed by atoms with Crippen molar-refractivity contribution in [3.8, 4) is 5.75 Å². The van der Waals surface area contributed by atoms with Gasteiger partial charge in [0.15, 0.2) is 0 Å². The molecule has 2 aromatic rings. The molecule has 0 fully saturated rings. The number of rotatable bonds is 7. The predicted octanol–water partition coefficient (Wildman–Crippen LogP) is 2.26. The van der Waals surface area contributed by atoms with Gasteiger partial charge in [-0.15, -0.1) is 0 Å². The first-order chi connectivity index (χ1) is 12.3. The standard InChI is InChI=1S/C17H18ClN3O4S/c1-25-16-9-7-15(8-10-16)21(26(2,23)24)12-17(22)20-19-11-13-3-5-14(18)6-4-13/h3-11H,12H2,1-2H3,(H,20,22)/b19-11+. The Bertz CT molecular complexity index is 881. The zero-order valence-electron chi connectivity index (χ0n) is 14.2. The molecule has 0 aliphatic heterocycles. The van der Waals surface area contributed by atoms with E-state index in [1.807, 2.05) is 0 Å². The third-order valence-corrected chi connectivity index (χ3v) is 4.71. The number of ether oxygens (including phenoxy) is 1. The van der Waals surface area contributed by atoms with Gasteiger partial charge in [0.05, 0.1) is 25.3 Å². The highest BCUT2D eigenvalue weighted by molar-refractivity contribution is 7.92. The Labute approximate surface area is 157 Å². The molecule has 0 aliphatic carbocycles. The minimum absolute atomic E-state index is 0.352.